The quantitative estimate of drug-likeness (QED) is 0.503. The van der Waals surface area contributed by atoms with Crippen LogP contribution in [-0.4, -0.2) is 13.2 Å². The van der Waals surface area contributed by atoms with Crippen molar-refractivity contribution in [2.75, 3.05) is 7.11 Å². The molecule has 10 heavy (non-hydrogen) atoms. The van der Waals surface area contributed by atoms with Crippen molar-refractivity contribution >= 4 is 0 Å². The van der Waals surface area contributed by atoms with Gasteiger partial charge in [0.2, 0.25) is 0 Å². The van der Waals surface area contributed by atoms with Gasteiger partial charge in [-0.15, -0.1) is 0 Å². The summed E-state index contributed by atoms with van der Waals surface area (Å²) in [5, 5.41) is 0. The molecule has 0 N–H and O–H groups in total. The Kier molecular flexibility index (Phi) is 1.53. The maximum atomic E-state index is 5.37. The fourth-order valence-corrected chi connectivity index (χ4v) is 2.15. The summed E-state index contributed by atoms with van der Waals surface area (Å²) in [6, 6.07) is 0. The Bertz CT molecular complexity index is 151. The largest absolute Gasteiger partial charge is 0.381 e. The minimum Gasteiger partial charge on any atom is -0.381 e. The van der Waals surface area contributed by atoms with Crippen LogP contribution in [0.4, 0.5) is 0 Å². The molecule has 0 aliphatic heterocycles. The van der Waals surface area contributed by atoms with Crippen LogP contribution in [0.25, 0.3) is 0 Å². The highest BCUT2D eigenvalue weighted by Gasteiger charge is 2.31. The molecular weight excluding hydrogens is 124 g/mol. The number of hydrogen-bond acceptors (Lipinski definition) is 1. The van der Waals surface area contributed by atoms with Gasteiger partial charge in [-0.2, -0.15) is 0 Å². The first kappa shape index (κ1) is 6.41. The van der Waals surface area contributed by atoms with Crippen molar-refractivity contribution in [2.45, 2.75) is 25.4 Å². The number of methoxy groups -OCH3 is 1. The number of rotatable bonds is 1. The van der Waals surface area contributed by atoms with Gasteiger partial charge in [-0.25, -0.2) is 0 Å². The topological polar surface area (TPSA) is 9.23 Å². The summed E-state index contributed by atoms with van der Waals surface area (Å²) in [7, 11) is 1.83. The van der Waals surface area contributed by atoms with E-state index in [-0.39, 0.29) is 0 Å². The zero-order chi connectivity index (χ0) is 6.97. The standard InChI is InChI=1S/C9H14O/c1-10-9-6-7-2-4-8(9)5-3-7/h2,4,7-9H,3,5-6H2,1H3/t7-,8+,9-/m1/s1. The maximum Gasteiger partial charge on any atom is 0.0639 e. The Morgan fingerprint density at radius 3 is 2.50 bits per heavy atom. The molecule has 0 amide bonds. The van der Waals surface area contributed by atoms with Crippen molar-refractivity contribution in [3.63, 3.8) is 0 Å². The molecule has 0 aromatic heterocycles. The normalized spacial score (nSPS) is 44.3. The zero-order valence-corrected chi connectivity index (χ0v) is 6.42. The molecule has 0 radical (unpaired) electrons. The second-order valence-corrected chi connectivity index (χ2v) is 3.40. The summed E-state index contributed by atoms with van der Waals surface area (Å²) in [6.07, 6.45) is 9.23. The molecule has 0 heterocycles. The van der Waals surface area contributed by atoms with E-state index in [0.717, 1.165) is 11.8 Å². The van der Waals surface area contributed by atoms with Gasteiger partial charge in [0.05, 0.1) is 6.10 Å². The summed E-state index contributed by atoms with van der Waals surface area (Å²) in [5.74, 6) is 1.56. The number of ether oxygens (including phenoxy) is 1. The average Bonchev–Trinajstić information content (AvgIpc) is 2.06. The smallest absolute Gasteiger partial charge is 0.0639 e. The fraction of sp³-hybridized carbons (Fsp3) is 0.778. The summed E-state index contributed by atoms with van der Waals surface area (Å²) >= 11 is 0. The molecule has 1 heteroatoms. The SMILES string of the molecule is CO[C@@H]1C[C@@H]2C=C[C@H]1CC2. The van der Waals surface area contributed by atoms with Crippen molar-refractivity contribution in [3.8, 4) is 0 Å². The van der Waals surface area contributed by atoms with Gasteiger partial charge in [0.15, 0.2) is 0 Å². The fourth-order valence-electron chi connectivity index (χ4n) is 2.15. The van der Waals surface area contributed by atoms with Crippen LogP contribution in [-0.2, 0) is 4.74 Å². The highest BCUT2D eigenvalue weighted by atomic mass is 16.5. The predicted octanol–water partition coefficient (Wildman–Crippen LogP) is 1.99. The van der Waals surface area contributed by atoms with Crippen molar-refractivity contribution in [3.05, 3.63) is 12.2 Å². The van der Waals surface area contributed by atoms with Crippen LogP contribution in [0.15, 0.2) is 12.2 Å². The maximum absolute atomic E-state index is 5.37. The van der Waals surface area contributed by atoms with Crippen LogP contribution in [0.1, 0.15) is 19.3 Å². The number of hydrogen-bond donors (Lipinski definition) is 0. The predicted molar refractivity (Wildman–Crippen MR) is 40.8 cm³/mol. The first-order valence-corrected chi connectivity index (χ1v) is 4.11. The summed E-state index contributed by atoms with van der Waals surface area (Å²) in [5.41, 5.74) is 0. The number of fused-ring (bicyclic) bond motifs is 2. The molecule has 0 spiro atoms. The van der Waals surface area contributed by atoms with Crippen molar-refractivity contribution in [1.82, 2.24) is 0 Å². The van der Waals surface area contributed by atoms with Crippen molar-refractivity contribution in [1.29, 1.82) is 0 Å². The molecule has 1 saturated carbocycles. The monoisotopic (exact) mass is 138 g/mol. The van der Waals surface area contributed by atoms with Crippen LogP contribution >= 0.6 is 0 Å². The average molecular weight is 138 g/mol. The molecule has 3 atom stereocenters. The Balaban J connectivity index is 2.11. The van der Waals surface area contributed by atoms with Crippen LogP contribution < -0.4 is 0 Å². The van der Waals surface area contributed by atoms with Crippen molar-refractivity contribution in [2.24, 2.45) is 11.8 Å². The highest BCUT2D eigenvalue weighted by Crippen LogP contribution is 2.37. The molecule has 1 nitrogen and oxygen atoms in total. The molecule has 3 aliphatic rings. The van der Waals surface area contributed by atoms with Gasteiger partial charge in [0.25, 0.3) is 0 Å². The van der Waals surface area contributed by atoms with Gasteiger partial charge in [0, 0.05) is 13.0 Å². The molecule has 3 aliphatic carbocycles. The van der Waals surface area contributed by atoms with Gasteiger partial charge >= 0.3 is 0 Å². The Labute approximate surface area is 62.1 Å². The third kappa shape index (κ3) is 0.891. The van der Waals surface area contributed by atoms with E-state index in [2.05, 4.69) is 12.2 Å². The van der Waals surface area contributed by atoms with Gasteiger partial charge in [-0.05, 0) is 25.2 Å². The molecule has 2 bridgehead atoms. The first-order valence-electron chi connectivity index (χ1n) is 4.11. The van der Waals surface area contributed by atoms with Crippen LogP contribution in [0.5, 0.6) is 0 Å². The minimum atomic E-state index is 0.531. The van der Waals surface area contributed by atoms with Gasteiger partial charge in [-0.3, -0.25) is 0 Å². The molecule has 3 rings (SSSR count). The van der Waals surface area contributed by atoms with E-state index in [1.807, 2.05) is 7.11 Å². The molecule has 0 aromatic rings. The van der Waals surface area contributed by atoms with E-state index in [0.29, 0.717) is 6.10 Å². The van der Waals surface area contributed by atoms with Gasteiger partial charge < -0.3 is 4.74 Å². The minimum absolute atomic E-state index is 0.531. The molecule has 0 saturated heterocycles. The second-order valence-electron chi connectivity index (χ2n) is 3.40. The van der Waals surface area contributed by atoms with Gasteiger partial charge in [-0.1, -0.05) is 12.2 Å². The van der Waals surface area contributed by atoms with E-state index in [1.165, 1.54) is 19.3 Å². The lowest BCUT2D eigenvalue weighted by Gasteiger charge is -2.36. The zero-order valence-electron chi connectivity index (χ0n) is 6.42. The van der Waals surface area contributed by atoms with Crippen LogP contribution in [0, 0.1) is 11.8 Å². The lowest BCUT2D eigenvalue weighted by molar-refractivity contribution is 0.0219. The van der Waals surface area contributed by atoms with E-state index >= 15 is 0 Å². The Hall–Kier alpha value is -0.300. The van der Waals surface area contributed by atoms with E-state index < -0.39 is 0 Å². The van der Waals surface area contributed by atoms with Gasteiger partial charge in [0.1, 0.15) is 0 Å². The summed E-state index contributed by atoms with van der Waals surface area (Å²) < 4.78 is 5.37. The Morgan fingerprint density at radius 2 is 2.20 bits per heavy atom. The molecule has 1 fully saturated rings. The molecule has 0 aromatic carbocycles. The van der Waals surface area contributed by atoms with Crippen molar-refractivity contribution < 1.29 is 4.74 Å². The Morgan fingerprint density at radius 1 is 1.30 bits per heavy atom. The molecular formula is C9H14O. The van der Waals surface area contributed by atoms with Crippen LogP contribution in [0.3, 0.4) is 0 Å². The third-order valence-electron chi connectivity index (χ3n) is 2.82. The molecule has 0 unspecified atom stereocenters. The highest BCUT2D eigenvalue weighted by molar-refractivity contribution is 5.06. The third-order valence-corrected chi connectivity index (χ3v) is 2.82. The second kappa shape index (κ2) is 2.39. The van der Waals surface area contributed by atoms with Crippen LogP contribution in [0.2, 0.25) is 0 Å². The van der Waals surface area contributed by atoms with E-state index in [1.54, 1.807) is 0 Å². The van der Waals surface area contributed by atoms with E-state index in [4.69, 9.17) is 4.74 Å². The first-order chi connectivity index (χ1) is 4.90. The lowest BCUT2D eigenvalue weighted by atomic mass is 9.74. The van der Waals surface area contributed by atoms with E-state index in [9.17, 15) is 0 Å². The summed E-state index contributed by atoms with van der Waals surface area (Å²) in [6.45, 7) is 0. The molecule has 56 valence electrons. The lowest BCUT2D eigenvalue weighted by Crippen LogP contribution is -2.32. The summed E-state index contributed by atoms with van der Waals surface area (Å²) in [4.78, 5) is 0. The number of allylic oxidation sites excluding steroid dienone is 1.